The Hall–Kier alpha value is -2.10. The molecule has 2 aliphatic heterocycles. The first kappa shape index (κ1) is 15.2. The van der Waals surface area contributed by atoms with Crippen LogP contribution in [0.5, 0.6) is 0 Å². The van der Waals surface area contributed by atoms with Crippen LogP contribution in [0.2, 0.25) is 0 Å². The maximum absolute atomic E-state index is 13.5. The van der Waals surface area contributed by atoms with Gasteiger partial charge in [-0.25, -0.2) is 4.98 Å². The van der Waals surface area contributed by atoms with Gasteiger partial charge >= 0.3 is 0 Å². The van der Waals surface area contributed by atoms with Gasteiger partial charge in [0.05, 0.1) is 11.7 Å². The number of aryl methyl sites for hydroxylation is 1. The molecule has 2 aromatic rings. The Bertz CT molecular complexity index is 797. The molecule has 4 nitrogen and oxygen atoms in total. The van der Waals surface area contributed by atoms with Gasteiger partial charge in [0.25, 0.3) is 5.91 Å². The van der Waals surface area contributed by atoms with Gasteiger partial charge in [-0.2, -0.15) is 0 Å². The van der Waals surface area contributed by atoms with Crippen molar-refractivity contribution in [1.29, 1.82) is 0 Å². The summed E-state index contributed by atoms with van der Waals surface area (Å²) in [5.74, 6) is 1.88. The maximum Gasteiger partial charge on any atom is 0.272 e. The van der Waals surface area contributed by atoms with E-state index in [9.17, 15) is 4.79 Å². The minimum absolute atomic E-state index is 0.0873. The lowest BCUT2D eigenvalue weighted by atomic mass is 9.61. The van der Waals surface area contributed by atoms with Crippen molar-refractivity contribution >= 4 is 5.91 Å². The molecule has 3 heterocycles. The van der Waals surface area contributed by atoms with Gasteiger partial charge in [-0.1, -0.05) is 43.2 Å². The van der Waals surface area contributed by atoms with Gasteiger partial charge in [-0.3, -0.25) is 4.79 Å². The Kier molecular flexibility index (Phi) is 3.47. The number of hydrogen-bond donors (Lipinski definition) is 0. The Balaban J connectivity index is 1.53. The van der Waals surface area contributed by atoms with Gasteiger partial charge in [0.15, 0.2) is 0 Å². The summed E-state index contributed by atoms with van der Waals surface area (Å²) in [6.45, 7) is 1.83. The normalized spacial score (nSPS) is 28.0. The van der Waals surface area contributed by atoms with Crippen LogP contribution in [0.3, 0.4) is 0 Å². The lowest BCUT2D eigenvalue weighted by molar-refractivity contribution is -0.0874. The topological polar surface area (TPSA) is 38.1 Å². The number of likely N-dealkylation sites (tertiary alicyclic amines) is 1. The number of rotatable bonds is 2. The standard InChI is InChI=1S/C21H25N3O/c25-20(18-14-22-19-11-5-7-13-23(18)19)24-15-17-10-4-6-12-21(17,24)16-8-2-1-3-9-16/h1-3,8-9,14,17H,4-7,10-13,15H2/t17-,21-/m0/s1. The Morgan fingerprint density at radius 2 is 2.00 bits per heavy atom. The minimum Gasteiger partial charge on any atom is -0.327 e. The molecule has 1 aromatic heterocycles. The van der Waals surface area contributed by atoms with Crippen LogP contribution < -0.4 is 0 Å². The second-order valence-electron chi connectivity index (χ2n) is 7.82. The fourth-order valence-corrected chi connectivity index (χ4v) is 5.35. The minimum atomic E-state index is -0.0873. The molecule has 1 amide bonds. The first-order valence-electron chi connectivity index (χ1n) is 9.72. The van der Waals surface area contributed by atoms with E-state index in [-0.39, 0.29) is 11.4 Å². The largest absolute Gasteiger partial charge is 0.327 e. The third-order valence-electron chi connectivity index (χ3n) is 6.63. The predicted octanol–water partition coefficient (Wildman–Crippen LogP) is 3.76. The summed E-state index contributed by atoms with van der Waals surface area (Å²) < 4.78 is 2.17. The van der Waals surface area contributed by atoms with Crippen molar-refractivity contribution in [3.8, 4) is 0 Å². The summed E-state index contributed by atoms with van der Waals surface area (Å²) in [4.78, 5) is 20.1. The highest BCUT2D eigenvalue weighted by Crippen LogP contribution is 2.54. The molecule has 0 radical (unpaired) electrons. The van der Waals surface area contributed by atoms with E-state index < -0.39 is 0 Å². The van der Waals surface area contributed by atoms with Crippen LogP contribution in [0.25, 0.3) is 0 Å². The molecule has 2 fully saturated rings. The molecule has 1 saturated carbocycles. The van der Waals surface area contributed by atoms with Gasteiger partial charge in [-0.15, -0.1) is 0 Å². The highest BCUT2D eigenvalue weighted by atomic mass is 16.2. The van der Waals surface area contributed by atoms with E-state index in [4.69, 9.17) is 0 Å². The molecule has 1 aliphatic carbocycles. The van der Waals surface area contributed by atoms with E-state index >= 15 is 0 Å². The highest BCUT2D eigenvalue weighted by Gasteiger charge is 2.57. The summed E-state index contributed by atoms with van der Waals surface area (Å²) in [7, 11) is 0. The van der Waals surface area contributed by atoms with Crippen molar-refractivity contribution in [2.75, 3.05) is 6.54 Å². The van der Waals surface area contributed by atoms with Crippen LogP contribution in [-0.4, -0.2) is 26.9 Å². The Morgan fingerprint density at radius 1 is 1.12 bits per heavy atom. The molecule has 2 atom stereocenters. The van der Waals surface area contributed by atoms with Gasteiger partial charge < -0.3 is 9.47 Å². The molecule has 1 saturated heterocycles. The number of nitrogens with zero attached hydrogens (tertiary/aromatic N) is 3. The summed E-state index contributed by atoms with van der Waals surface area (Å²) in [5, 5.41) is 0. The van der Waals surface area contributed by atoms with Crippen LogP contribution in [0.15, 0.2) is 36.5 Å². The van der Waals surface area contributed by atoms with E-state index in [1.165, 1.54) is 31.2 Å². The molecule has 1 aromatic carbocycles. The Labute approximate surface area is 148 Å². The molecular weight excluding hydrogens is 310 g/mol. The summed E-state index contributed by atoms with van der Waals surface area (Å²) >= 11 is 0. The van der Waals surface area contributed by atoms with E-state index in [0.29, 0.717) is 5.92 Å². The van der Waals surface area contributed by atoms with Crippen molar-refractivity contribution in [1.82, 2.24) is 14.5 Å². The summed E-state index contributed by atoms with van der Waals surface area (Å²) in [6, 6.07) is 10.7. The lowest BCUT2D eigenvalue weighted by Crippen LogP contribution is -2.67. The third-order valence-corrected chi connectivity index (χ3v) is 6.63. The van der Waals surface area contributed by atoms with E-state index in [1.54, 1.807) is 0 Å². The first-order valence-corrected chi connectivity index (χ1v) is 9.72. The van der Waals surface area contributed by atoms with E-state index in [0.717, 1.165) is 43.9 Å². The second kappa shape index (κ2) is 5.72. The highest BCUT2D eigenvalue weighted by molar-refractivity contribution is 5.94. The lowest BCUT2D eigenvalue weighted by Gasteiger charge is -2.61. The smallest absolute Gasteiger partial charge is 0.272 e. The average molecular weight is 335 g/mol. The van der Waals surface area contributed by atoms with Crippen molar-refractivity contribution in [2.24, 2.45) is 5.92 Å². The predicted molar refractivity (Wildman–Crippen MR) is 96.3 cm³/mol. The molecular formula is C21H25N3O. The first-order chi connectivity index (χ1) is 12.3. The third kappa shape index (κ3) is 2.12. The molecule has 130 valence electrons. The van der Waals surface area contributed by atoms with Gasteiger partial charge in [0.2, 0.25) is 0 Å². The maximum atomic E-state index is 13.5. The van der Waals surface area contributed by atoms with Crippen LogP contribution in [-0.2, 0) is 18.5 Å². The fourth-order valence-electron chi connectivity index (χ4n) is 5.35. The number of hydrogen-bond acceptors (Lipinski definition) is 2. The summed E-state index contributed by atoms with van der Waals surface area (Å²) in [5.41, 5.74) is 2.03. The van der Waals surface area contributed by atoms with Crippen molar-refractivity contribution in [2.45, 2.75) is 57.0 Å². The van der Waals surface area contributed by atoms with E-state index in [2.05, 4.69) is 44.8 Å². The van der Waals surface area contributed by atoms with Crippen molar-refractivity contribution in [3.63, 3.8) is 0 Å². The number of benzene rings is 1. The summed E-state index contributed by atoms with van der Waals surface area (Å²) in [6.07, 6.45) is 9.98. The van der Waals surface area contributed by atoms with Gasteiger partial charge in [0.1, 0.15) is 11.5 Å². The van der Waals surface area contributed by atoms with Crippen LogP contribution in [0.4, 0.5) is 0 Å². The molecule has 0 bridgehead atoms. The fraction of sp³-hybridized carbons (Fsp3) is 0.524. The van der Waals surface area contributed by atoms with Gasteiger partial charge in [-0.05, 0) is 31.2 Å². The molecule has 0 spiro atoms. The molecule has 5 rings (SSSR count). The number of fused-ring (bicyclic) bond motifs is 2. The molecule has 3 aliphatic rings. The molecule has 0 N–H and O–H groups in total. The van der Waals surface area contributed by atoms with Gasteiger partial charge in [0, 0.05) is 25.4 Å². The quantitative estimate of drug-likeness (QED) is 0.838. The average Bonchev–Trinajstić information content (AvgIpc) is 3.08. The van der Waals surface area contributed by atoms with Crippen LogP contribution in [0, 0.1) is 5.92 Å². The number of carbonyl (C=O) groups excluding carboxylic acids is 1. The zero-order valence-electron chi connectivity index (χ0n) is 14.7. The second-order valence-corrected chi connectivity index (χ2v) is 7.82. The SMILES string of the molecule is O=C(c1cnc2n1CCCC2)N1C[C@@H]2CCCC[C@]21c1ccccc1. The van der Waals surface area contributed by atoms with Crippen molar-refractivity contribution in [3.05, 3.63) is 53.6 Å². The molecule has 25 heavy (non-hydrogen) atoms. The van der Waals surface area contributed by atoms with Crippen LogP contribution >= 0.6 is 0 Å². The number of carbonyl (C=O) groups is 1. The number of imidazole rings is 1. The number of aromatic nitrogens is 2. The van der Waals surface area contributed by atoms with Crippen molar-refractivity contribution < 1.29 is 4.79 Å². The Morgan fingerprint density at radius 3 is 2.84 bits per heavy atom. The monoisotopic (exact) mass is 335 g/mol. The van der Waals surface area contributed by atoms with E-state index in [1.807, 2.05) is 6.20 Å². The zero-order chi connectivity index (χ0) is 16.9. The number of amides is 1. The van der Waals surface area contributed by atoms with Crippen LogP contribution in [0.1, 0.15) is 60.4 Å². The molecule has 0 unspecified atom stereocenters. The molecule has 4 heteroatoms. The zero-order valence-corrected chi connectivity index (χ0v) is 14.7.